The van der Waals surface area contributed by atoms with E-state index < -0.39 is 0 Å². The first-order valence-electron chi connectivity index (χ1n) is 6.90. The van der Waals surface area contributed by atoms with Crippen molar-refractivity contribution in [3.8, 4) is 0 Å². The third kappa shape index (κ3) is 2.54. The van der Waals surface area contributed by atoms with Crippen LogP contribution in [-0.2, 0) is 0 Å². The first kappa shape index (κ1) is 12.4. The van der Waals surface area contributed by atoms with E-state index in [9.17, 15) is 5.11 Å². The van der Waals surface area contributed by atoms with Gasteiger partial charge in [0.15, 0.2) is 0 Å². The zero-order valence-electron chi connectivity index (χ0n) is 11.1. The van der Waals surface area contributed by atoms with E-state index in [0.717, 1.165) is 6.42 Å². The molecule has 2 nitrogen and oxygen atoms in total. The largest absolute Gasteiger partial charge is 0.392 e. The summed E-state index contributed by atoms with van der Waals surface area (Å²) in [5.74, 6) is 1.09. The molecule has 19 heavy (non-hydrogen) atoms. The summed E-state index contributed by atoms with van der Waals surface area (Å²) in [5.41, 5.74) is 2.52. The monoisotopic (exact) mass is 253 g/mol. The Morgan fingerprint density at radius 3 is 2.47 bits per heavy atom. The zero-order chi connectivity index (χ0) is 13.2. The molecule has 2 heteroatoms. The Morgan fingerprint density at radius 1 is 1.11 bits per heavy atom. The molecule has 98 valence electrons. The van der Waals surface area contributed by atoms with Gasteiger partial charge in [0.25, 0.3) is 0 Å². The molecule has 1 aromatic heterocycles. The molecular formula is C17H19NO. The molecule has 1 fully saturated rings. The number of aliphatic hydroxyl groups is 1. The molecular weight excluding hydrogens is 234 g/mol. The van der Waals surface area contributed by atoms with Crippen LogP contribution in [0.1, 0.15) is 36.3 Å². The number of benzene rings is 1. The van der Waals surface area contributed by atoms with Crippen molar-refractivity contribution in [1.29, 1.82) is 0 Å². The van der Waals surface area contributed by atoms with Gasteiger partial charge in [-0.2, -0.15) is 0 Å². The molecule has 1 aromatic carbocycles. The number of rotatable bonds is 4. The molecule has 1 aliphatic rings. The van der Waals surface area contributed by atoms with Gasteiger partial charge in [0.1, 0.15) is 0 Å². The maximum absolute atomic E-state index is 10.5. The second-order valence-corrected chi connectivity index (χ2v) is 5.48. The van der Waals surface area contributed by atoms with E-state index in [0.29, 0.717) is 11.8 Å². The van der Waals surface area contributed by atoms with E-state index in [2.05, 4.69) is 36.2 Å². The molecule has 4 unspecified atom stereocenters. The van der Waals surface area contributed by atoms with Crippen molar-refractivity contribution in [3.63, 3.8) is 0 Å². The average molecular weight is 253 g/mol. The van der Waals surface area contributed by atoms with E-state index in [1.165, 1.54) is 11.1 Å². The van der Waals surface area contributed by atoms with Gasteiger partial charge in [0.2, 0.25) is 0 Å². The summed E-state index contributed by atoms with van der Waals surface area (Å²) < 4.78 is 0. The van der Waals surface area contributed by atoms with Crippen molar-refractivity contribution in [2.45, 2.75) is 31.3 Å². The lowest BCUT2D eigenvalue weighted by Crippen LogP contribution is -2.19. The van der Waals surface area contributed by atoms with Gasteiger partial charge in [0.05, 0.1) is 6.10 Å². The Balaban J connectivity index is 1.68. The van der Waals surface area contributed by atoms with Gasteiger partial charge in [-0.05, 0) is 41.5 Å². The minimum absolute atomic E-state index is 0.168. The molecule has 1 N–H and O–H groups in total. The van der Waals surface area contributed by atoms with Gasteiger partial charge in [-0.3, -0.25) is 4.98 Å². The summed E-state index contributed by atoms with van der Waals surface area (Å²) in [5, 5.41) is 10.5. The van der Waals surface area contributed by atoms with E-state index >= 15 is 0 Å². The van der Waals surface area contributed by atoms with E-state index in [1.54, 1.807) is 12.4 Å². The fourth-order valence-corrected chi connectivity index (χ4v) is 2.91. The lowest BCUT2D eigenvalue weighted by atomic mass is 9.92. The lowest BCUT2D eigenvalue weighted by Gasteiger charge is -2.19. The number of pyridine rings is 1. The number of aliphatic hydroxyl groups excluding tert-OH is 1. The van der Waals surface area contributed by atoms with Gasteiger partial charge in [-0.1, -0.05) is 37.3 Å². The highest BCUT2D eigenvalue weighted by Gasteiger charge is 2.45. The van der Waals surface area contributed by atoms with E-state index in [1.807, 2.05) is 18.2 Å². The van der Waals surface area contributed by atoms with Crippen LogP contribution in [0.3, 0.4) is 0 Å². The highest BCUT2D eigenvalue weighted by atomic mass is 16.3. The van der Waals surface area contributed by atoms with Gasteiger partial charge < -0.3 is 5.11 Å². The van der Waals surface area contributed by atoms with Crippen LogP contribution >= 0.6 is 0 Å². The third-order valence-electron chi connectivity index (χ3n) is 4.25. The van der Waals surface area contributed by atoms with Gasteiger partial charge in [0, 0.05) is 18.3 Å². The van der Waals surface area contributed by atoms with Crippen molar-refractivity contribution in [2.24, 2.45) is 5.92 Å². The fraction of sp³-hybridized carbons (Fsp3) is 0.353. The minimum atomic E-state index is -0.271. The SMILES string of the molecule is CC(c1ccncc1)C(O)C1CC1c1ccccc1. The molecule has 0 bridgehead atoms. The van der Waals surface area contributed by atoms with E-state index in [4.69, 9.17) is 0 Å². The van der Waals surface area contributed by atoms with Crippen molar-refractivity contribution in [2.75, 3.05) is 0 Å². The molecule has 1 saturated carbocycles. The van der Waals surface area contributed by atoms with Gasteiger partial charge in [-0.25, -0.2) is 0 Å². The standard InChI is InChI=1S/C17H19NO/c1-12(13-7-9-18-10-8-13)17(19)16-11-15(16)14-5-3-2-4-6-14/h2-10,12,15-17,19H,11H2,1H3. The zero-order valence-corrected chi connectivity index (χ0v) is 11.1. The lowest BCUT2D eigenvalue weighted by molar-refractivity contribution is 0.124. The van der Waals surface area contributed by atoms with Crippen molar-refractivity contribution in [3.05, 3.63) is 66.0 Å². The Labute approximate surface area is 114 Å². The highest BCUT2D eigenvalue weighted by molar-refractivity contribution is 5.28. The normalized spacial score (nSPS) is 24.7. The fourth-order valence-electron chi connectivity index (χ4n) is 2.91. The van der Waals surface area contributed by atoms with Crippen molar-refractivity contribution in [1.82, 2.24) is 4.98 Å². The quantitative estimate of drug-likeness (QED) is 0.906. The summed E-state index contributed by atoms with van der Waals surface area (Å²) in [6, 6.07) is 14.5. The first-order valence-corrected chi connectivity index (χ1v) is 6.90. The molecule has 0 amide bonds. The molecule has 0 aliphatic heterocycles. The molecule has 1 aliphatic carbocycles. The molecule has 4 atom stereocenters. The summed E-state index contributed by atoms with van der Waals surface area (Å²) in [6.07, 6.45) is 4.41. The summed E-state index contributed by atoms with van der Waals surface area (Å²) in [4.78, 5) is 4.03. The number of nitrogens with zero attached hydrogens (tertiary/aromatic N) is 1. The maximum atomic E-state index is 10.5. The maximum Gasteiger partial charge on any atom is 0.0640 e. The van der Waals surface area contributed by atoms with Crippen LogP contribution in [-0.4, -0.2) is 16.2 Å². The van der Waals surface area contributed by atoms with Crippen LogP contribution in [0.2, 0.25) is 0 Å². The molecule has 0 spiro atoms. The van der Waals surface area contributed by atoms with Crippen LogP contribution < -0.4 is 0 Å². The molecule has 0 saturated heterocycles. The van der Waals surface area contributed by atoms with E-state index in [-0.39, 0.29) is 12.0 Å². The van der Waals surface area contributed by atoms with Crippen LogP contribution in [0, 0.1) is 5.92 Å². The van der Waals surface area contributed by atoms with Gasteiger partial charge >= 0.3 is 0 Å². The summed E-state index contributed by atoms with van der Waals surface area (Å²) in [6.45, 7) is 2.10. The van der Waals surface area contributed by atoms with Gasteiger partial charge in [-0.15, -0.1) is 0 Å². The number of hydrogen-bond acceptors (Lipinski definition) is 2. The van der Waals surface area contributed by atoms with Crippen molar-refractivity contribution >= 4 is 0 Å². The Hall–Kier alpha value is -1.67. The van der Waals surface area contributed by atoms with Crippen LogP contribution in [0.5, 0.6) is 0 Å². The predicted molar refractivity (Wildman–Crippen MR) is 75.9 cm³/mol. The predicted octanol–water partition coefficient (Wildman–Crippen LogP) is 3.35. The van der Waals surface area contributed by atoms with Crippen LogP contribution in [0.25, 0.3) is 0 Å². The smallest absolute Gasteiger partial charge is 0.0640 e. The molecule has 2 aromatic rings. The Kier molecular flexibility index (Phi) is 3.34. The second kappa shape index (κ2) is 5.14. The van der Waals surface area contributed by atoms with Crippen molar-refractivity contribution < 1.29 is 5.11 Å². The first-order chi connectivity index (χ1) is 9.27. The summed E-state index contributed by atoms with van der Waals surface area (Å²) in [7, 11) is 0. The third-order valence-corrected chi connectivity index (χ3v) is 4.25. The summed E-state index contributed by atoms with van der Waals surface area (Å²) >= 11 is 0. The average Bonchev–Trinajstić information content (AvgIpc) is 3.28. The topological polar surface area (TPSA) is 33.1 Å². The van der Waals surface area contributed by atoms with Crippen LogP contribution in [0.15, 0.2) is 54.9 Å². The number of aromatic nitrogens is 1. The minimum Gasteiger partial charge on any atom is -0.392 e. The molecule has 3 rings (SSSR count). The number of hydrogen-bond donors (Lipinski definition) is 1. The van der Waals surface area contributed by atoms with Crippen LogP contribution in [0.4, 0.5) is 0 Å². The molecule has 0 radical (unpaired) electrons. The second-order valence-electron chi connectivity index (χ2n) is 5.48. The highest BCUT2D eigenvalue weighted by Crippen LogP contribution is 2.51. The Morgan fingerprint density at radius 2 is 1.79 bits per heavy atom. The molecule has 1 heterocycles. The Bertz CT molecular complexity index is 525.